The molecule has 0 aromatic rings. The van der Waals surface area contributed by atoms with Crippen molar-refractivity contribution in [3.05, 3.63) is 0 Å². The molecular formula is C17H33N. The summed E-state index contributed by atoms with van der Waals surface area (Å²) in [5.74, 6) is 0. The first-order chi connectivity index (χ1) is 8.67. The van der Waals surface area contributed by atoms with Crippen LogP contribution >= 0.6 is 0 Å². The van der Waals surface area contributed by atoms with E-state index in [1.54, 1.807) is 0 Å². The molecule has 0 saturated heterocycles. The van der Waals surface area contributed by atoms with Gasteiger partial charge in [-0.3, -0.25) is 4.99 Å². The molecular weight excluding hydrogens is 218 g/mol. The highest BCUT2D eigenvalue weighted by Crippen LogP contribution is 2.29. The maximum atomic E-state index is 4.93. The van der Waals surface area contributed by atoms with Gasteiger partial charge in [-0.1, -0.05) is 65.7 Å². The summed E-state index contributed by atoms with van der Waals surface area (Å²) >= 11 is 0. The standard InChI is InChI=1S/C17H33N/c1-4-5-6-11-14-17(2,3)16-13-10-8-7-9-12-15-18-16/h4-15H2,1-3H3. The van der Waals surface area contributed by atoms with E-state index in [1.807, 2.05) is 0 Å². The van der Waals surface area contributed by atoms with E-state index in [9.17, 15) is 0 Å². The average Bonchev–Trinajstić information content (AvgIpc) is 2.48. The largest absolute Gasteiger partial charge is 0.294 e. The molecule has 0 fully saturated rings. The number of hydrogen-bond donors (Lipinski definition) is 0. The van der Waals surface area contributed by atoms with Gasteiger partial charge < -0.3 is 0 Å². The maximum Gasteiger partial charge on any atom is 0.0388 e. The molecule has 0 aromatic heterocycles. The third-order valence-electron chi connectivity index (χ3n) is 4.31. The number of hydrogen-bond acceptors (Lipinski definition) is 1. The predicted molar refractivity (Wildman–Crippen MR) is 82.5 cm³/mol. The molecule has 0 spiro atoms. The summed E-state index contributed by atoms with van der Waals surface area (Å²) in [4.78, 5) is 4.93. The van der Waals surface area contributed by atoms with Crippen LogP contribution in [-0.4, -0.2) is 12.3 Å². The first kappa shape index (κ1) is 15.7. The van der Waals surface area contributed by atoms with Gasteiger partial charge in [-0.05, 0) is 25.7 Å². The quantitative estimate of drug-likeness (QED) is 0.531. The van der Waals surface area contributed by atoms with E-state index in [0.717, 1.165) is 6.54 Å². The monoisotopic (exact) mass is 251 g/mol. The number of unbranched alkanes of at least 4 members (excludes halogenated alkanes) is 3. The van der Waals surface area contributed by atoms with Crippen LogP contribution in [0.15, 0.2) is 4.99 Å². The van der Waals surface area contributed by atoms with Crippen LogP contribution in [-0.2, 0) is 0 Å². The molecule has 106 valence electrons. The normalized spacial score (nSPS) is 18.7. The molecule has 1 nitrogen and oxygen atoms in total. The highest BCUT2D eigenvalue weighted by atomic mass is 14.7. The fraction of sp³-hybridized carbons (Fsp3) is 0.941. The van der Waals surface area contributed by atoms with Gasteiger partial charge in [0.1, 0.15) is 0 Å². The molecule has 18 heavy (non-hydrogen) atoms. The van der Waals surface area contributed by atoms with Crippen molar-refractivity contribution < 1.29 is 0 Å². The molecule has 0 aromatic carbocycles. The molecule has 0 bridgehead atoms. The van der Waals surface area contributed by atoms with Crippen molar-refractivity contribution >= 4 is 5.71 Å². The minimum absolute atomic E-state index is 0.345. The summed E-state index contributed by atoms with van der Waals surface area (Å²) < 4.78 is 0. The van der Waals surface area contributed by atoms with Crippen molar-refractivity contribution in [3.63, 3.8) is 0 Å². The Morgan fingerprint density at radius 1 is 0.944 bits per heavy atom. The highest BCUT2D eigenvalue weighted by Gasteiger charge is 2.24. The van der Waals surface area contributed by atoms with Crippen molar-refractivity contribution in [1.29, 1.82) is 0 Å². The highest BCUT2D eigenvalue weighted by molar-refractivity contribution is 5.89. The molecule has 0 amide bonds. The van der Waals surface area contributed by atoms with E-state index in [4.69, 9.17) is 4.99 Å². The Labute approximate surface area is 114 Å². The van der Waals surface area contributed by atoms with Crippen molar-refractivity contribution in [2.45, 2.75) is 91.4 Å². The smallest absolute Gasteiger partial charge is 0.0388 e. The second kappa shape index (κ2) is 8.72. The zero-order chi connectivity index (χ0) is 13.3. The summed E-state index contributed by atoms with van der Waals surface area (Å²) in [5, 5.41) is 0. The van der Waals surface area contributed by atoms with Gasteiger partial charge in [0.15, 0.2) is 0 Å². The lowest BCUT2D eigenvalue weighted by molar-refractivity contribution is 0.432. The zero-order valence-corrected chi connectivity index (χ0v) is 12.9. The van der Waals surface area contributed by atoms with Crippen LogP contribution in [0.4, 0.5) is 0 Å². The zero-order valence-electron chi connectivity index (χ0n) is 12.9. The molecule has 1 aliphatic rings. The molecule has 1 heterocycles. The predicted octanol–water partition coefficient (Wildman–Crippen LogP) is 5.78. The van der Waals surface area contributed by atoms with E-state index in [2.05, 4.69) is 20.8 Å². The third kappa shape index (κ3) is 6.02. The van der Waals surface area contributed by atoms with Crippen molar-refractivity contribution in [2.24, 2.45) is 10.4 Å². The molecule has 0 N–H and O–H groups in total. The third-order valence-corrected chi connectivity index (χ3v) is 4.31. The molecule has 1 rings (SSSR count). The Morgan fingerprint density at radius 2 is 1.67 bits per heavy atom. The second-order valence-corrected chi connectivity index (χ2v) is 6.54. The van der Waals surface area contributed by atoms with E-state index < -0.39 is 0 Å². The van der Waals surface area contributed by atoms with Crippen LogP contribution in [0.2, 0.25) is 0 Å². The first-order valence-corrected chi connectivity index (χ1v) is 8.20. The van der Waals surface area contributed by atoms with Gasteiger partial charge >= 0.3 is 0 Å². The molecule has 0 atom stereocenters. The topological polar surface area (TPSA) is 12.4 Å². The summed E-state index contributed by atoms with van der Waals surface area (Å²) in [6, 6.07) is 0. The molecule has 1 aliphatic heterocycles. The van der Waals surface area contributed by atoms with E-state index in [-0.39, 0.29) is 0 Å². The Morgan fingerprint density at radius 3 is 2.44 bits per heavy atom. The summed E-state index contributed by atoms with van der Waals surface area (Å²) in [6.07, 6.45) is 14.9. The summed E-state index contributed by atoms with van der Waals surface area (Å²) in [5.41, 5.74) is 1.86. The van der Waals surface area contributed by atoms with Crippen LogP contribution in [0, 0.1) is 5.41 Å². The second-order valence-electron chi connectivity index (χ2n) is 6.54. The number of aliphatic imine (C=N–C) groups is 1. The van der Waals surface area contributed by atoms with Crippen molar-refractivity contribution in [1.82, 2.24) is 0 Å². The Kier molecular flexibility index (Phi) is 7.62. The lowest BCUT2D eigenvalue weighted by Gasteiger charge is -2.27. The van der Waals surface area contributed by atoms with Crippen molar-refractivity contribution in [2.75, 3.05) is 6.54 Å². The molecule has 0 saturated carbocycles. The van der Waals surface area contributed by atoms with Gasteiger partial charge in [-0.15, -0.1) is 0 Å². The SMILES string of the molecule is CCCCCCC(C)(C)C1=NCCCCCCC1. The molecule has 0 unspecified atom stereocenters. The van der Waals surface area contributed by atoms with Gasteiger partial charge in [-0.2, -0.15) is 0 Å². The molecule has 1 heteroatoms. The summed E-state index contributed by atoms with van der Waals surface area (Å²) in [7, 11) is 0. The van der Waals surface area contributed by atoms with Crippen LogP contribution in [0.1, 0.15) is 91.4 Å². The van der Waals surface area contributed by atoms with Gasteiger partial charge in [0, 0.05) is 17.7 Å². The Balaban J connectivity index is 2.45. The maximum absolute atomic E-state index is 4.93. The van der Waals surface area contributed by atoms with Gasteiger partial charge in [-0.25, -0.2) is 0 Å². The van der Waals surface area contributed by atoms with Crippen LogP contribution in [0.25, 0.3) is 0 Å². The average molecular weight is 251 g/mol. The van der Waals surface area contributed by atoms with Crippen molar-refractivity contribution in [3.8, 4) is 0 Å². The number of rotatable bonds is 6. The lowest BCUT2D eigenvalue weighted by atomic mass is 9.80. The van der Waals surface area contributed by atoms with Crippen LogP contribution in [0.5, 0.6) is 0 Å². The van der Waals surface area contributed by atoms with Gasteiger partial charge in [0.25, 0.3) is 0 Å². The Hall–Kier alpha value is -0.330. The Bertz CT molecular complexity index is 240. The van der Waals surface area contributed by atoms with E-state index >= 15 is 0 Å². The lowest BCUT2D eigenvalue weighted by Crippen LogP contribution is -2.24. The summed E-state index contributed by atoms with van der Waals surface area (Å²) in [6.45, 7) is 8.19. The number of nitrogens with zero attached hydrogens (tertiary/aromatic N) is 1. The molecule has 0 radical (unpaired) electrons. The van der Waals surface area contributed by atoms with Gasteiger partial charge in [0.2, 0.25) is 0 Å². The van der Waals surface area contributed by atoms with E-state index in [1.165, 1.54) is 76.3 Å². The van der Waals surface area contributed by atoms with E-state index in [0.29, 0.717) is 5.41 Å². The first-order valence-electron chi connectivity index (χ1n) is 8.20. The fourth-order valence-electron chi connectivity index (χ4n) is 2.92. The molecule has 0 aliphatic carbocycles. The van der Waals surface area contributed by atoms with Crippen LogP contribution < -0.4 is 0 Å². The van der Waals surface area contributed by atoms with Gasteiger partial charge in [0.05, 0.1) is 0 Å². The fourth-order valence-corrected chi connectivity index (χ4v) is 2.92. The minimum Gasteiger partial charge on any atom is -0.294 e. The van der Waals surface area contributed by atoms with Crippen LogP contribution in [0.3, 0.4) is 0 Å². The minimum atomic E-state index is 0.345.